The monoisotopic (exact) mass is 423 g/mol. The largest absolute Gasteiger partial charge is 0.494 e. The number of benzene rings is 2. The number of hydrogen-bond donors (Lipinski definition) is 2. The molecule has 6 heteroatoms. The highest BCUT2D eigenvalue weighted by Crippen LogP contribution is 2.22. The second-order valence-corrected chi connectivity index (χ2v) is 8.07. The van der Waals surface area contributed by atoms with Crippen LogP contribution >= 0.6 is 0 Å². The number of carbonyl (C=O) groups is 2. The van der Waals surface area contributed by atoms with Crippen LogP contribution in [0.2, 0.25) is 0 Å². The summed E-state index contributed by atoms with van der Waals surface area (Å²) in [6, 6.07) is 14.8. The third-order valence-corrected chi connectivity index (χ3v) is 5.71. The van der Waals surface area contributed by atoms with E-state index in [2.05, 4.69) is 15.5 Å². The molecule has 1 saturated carbocycles. The van der Waals surface area contributed by atoms with E-state index < -0.39 is 0 Å². The predicted octanol–water partition coefficient (Wildman–Crippen LogP) is 4.93. The summed E-state index contributed by atoms with van der Waals surface area (Å²) in [5.41, 5.74) is 1.62. The molecule has 166 valence electrons. The van der Waals surface area contributed by atoms with Gasteiger partial charge in [0.2, 0.25) is 5.91 Å². The highest BCUT2D eigenvalue weighted by Gasteiger charge is 2.20. The lowest BCUT2D eigenvalue weighted by molar-refractivity contribution is -0.117. The molecular weight excluding hydrogens is 390 g/mol. The average Bonchev–Trinajstić information content (AvgIpc) is 3.05. The second-order valence-electron chi connectivity index (χ2n) is 8.07. The first-order valence-corrected chi connectivity index (χ1v) is 11.2. The minimum atomic E-state index is -0.266. The first kappa shape index (κ1) is 22.8. The molecular formula is C25H33N3O3. The summed E-state index contributed by atoms with van der Waals surface area (Å²) >= 11 is 0. The van der Waals surface area contributed by atoms with Crippen molar-refractivity contribution in [3.8, 4) is 5.75 Å². The molecule has 2 aromatic carbocycles. The van der Waals surface area contributed by atoms with Gasteiger partial charge in [0, 0.05) is 11.7 Å². The van der Waals surface area contributed by atoms with Crippen molar-refractivity contribution in [2.45, 2.75) is 51.5 Å². The Labute approximate surface area is 185 Å². The zero-order valence-corrected chi connectivity index (χ0v) is 18.5. The van der Waals surface area contributed by atoms with Crippen LogP contribution in [-0.4, -0.2) is 43.0 Å². The SMILES string of the molecule is CCOc1ccc(NC(=O)c2ccccc2NC(=O)CN(C)C2CCCCCC2)cc1. The molecule has 1 fully saturated rings. The van der Waals surface area contributed by atoms with Crippen molar-refractivity contribution in [3.05, 3.63) is 54.1 Å². The van der Waals surface area contributed by atoms with E-state index in [4.69, 9.17) is 4.74 Å². The van der Waals surface area contributed by atoms with Gasteiger partial charge in [-0.3, -0.25) is 14.5 Å². The van der Waals surface area contributed by atoms with Crippen molar-refractivity contribution in [1.82, 2.24) is 4.90 Å². The van der Waals surface area contributed by atoms with Crippen LogP contribution in [0.1, 0.15) is 55.8 Å². The summed E-state index contributed by atoms with van der Waals surface area (Å²) in [5.74, 6) is 0.385. The number of ether oxygens (including phenoxy) is 1. The molecule has 0 spiro atoms. The fourth-order valence-electron chi connectivity index (χ4n) is 4.03. The van der Waals surface area contributed by atoms with Crippen LogP contribution in [0.3, 0.4) is 0 Å². The van der Waals surface area contributed by atoms with Gasteiger partial charge < -0.3 is 15.4 Å². The summed E-state index contributed by atoms with van der Waals surface area (Å²) in [7, 11) is 2.01. The summed E-state index contributed by atoms with van der Waals surface area (Å²) in [6.07, 6.45) is 7.31. The third kappa shape index (κ3) is 6.82. The zero-order valence-electron chi connectivity index (χ0n) is 18.5. The van der Waals surface area contributed by atoms with Gasteiger partial charge in [-0.2, -0.15) is 0 Å². The van der Waals surface area contributed by atoms with E-state index in [1.807, 2.05) is 32.2 Å². The van der Waals surface area contributed by atoms with Crippen LogP contribution in [-0.2, 0) is 4.79 Å². The molecule has 0 atom stereocenters. The van der Waals surface area contributed by atoms with E-state index in [1.165, 1.54) is 25.7 Å². The lowest BCUT2D eigenvalue weighted by atomic mass is 10.1. The summed E-state index contributed by atoms with van der Waals surface area (Å²) in [5, 5.41) is 5.81. The Balaban J connectivity index is 1.61. The van der Waals surface area contributed by atoms with Crippen LogP contribution in [0.5, 0.6) is 5.75 Å². The minimum Gasteiger partial charge on any atom is -0.494 e. The van der Waals surface area contributed by atoms with E-state index in [9.17, 15) is 9.59 Å². The molecule has 2 amide bonds. The van der Waals surface area contributed by atoms with E-state index in [1.54, 1.807) is 30.3 Å². The average molecular weight is 424 g/mol. The topological polar surface area (TPSA) is 70.7 Å². The number of amides is 2. The predicted molar refractivity (Wildman–Crippen MR) is 125 cm³/mol. The van der Waals surface area contributed by atoms with Crippen LogP contribution in [0.25, 0.3) is 0 Å². The van der Waals surface area contributed by atoms with Crippen molar-refractivity contribution in [3.63, 3.8) is 0 Å². The highest BCUT2D eigenvalue weighted by atomic mass is 16.5. The zero-order chi connectivity index (χ0) is 22.1. The van der Waals surface area contributed by atoms with Gasteiger partial charge in [0.25, 0.3) is 5.91 Å². The summed E-state index contributed by atoms with van der Waals surface area (Å²) < 4.78 is 5.43. The van der Waals surface area contributed by atoms with Gasteiger partial charge >= 0.3 is 0 Å². The molecule has 0 unspecified atom stereocenters. The number of rotatable bonds is 8. The molecule has 2 N–H and O–H groups in total. The Hall–Kier alpha value is -2.86. The number of para-hydroxylation sites is 1. The Morgan fingerprint density at radius 2 is 1.65 bits per heavy atom. The van der Waals surface area contributed by atoms with Gasteiger partial charge in [0.15, 0.2) is 0 Å². The Morgan fingerprint density at radius 3 is 2.32 bits per heavy atom. The Morgan fingerprint density at radius 1 is 0.968 bits per heavy atom. The normalized spacial score (nSPS) is 14.7. The van der Waals surface area contributed by atoms with E-state index in [-0.39, 0.29) is 11.8 Å². The van der Waals surface area contributed by atoms with Crippen LogP contribution in [0, 0.1) is 0 Å². The van der Waals surface area contributed by atoms with E-state index >= 15 is 0 Å². The van der Waals surface area contributed by atoms with Crippen LogP contribution < -0.4 is 15.4 Å². The van der Waals surface area contributed by atoms with Crippen LogP contribution in [0.15, 0.2) is 48.5 Å². The van der Waals surface area contributed by atoms with Crippen molar-refractivity contribution >= 4 is 23.2 Å². The lowest BCUT2D eigenvalue weighted by Gasteiger charge is -2.26. The van der Waals surface area contributed by atoms with Gasteiger partial charge in [-0.25, -0.2) is 0 Å². The maximum atomic E-state index is 12.8. The first-order valence-electron chi connectivity index (χ1n) is 11.2. The number of nitrogens with one attached hydrogen (secondary N) is 2. The number of anilines is 2. The van der Waals surface area contributed by atoms with Gasteiger partial charge in [-0.05, 0) is 63.2 Å². The Bertz CT molecular complexity index is 859. The first-order chi connectivity index (χ1) is 15.1. The fraction of sp³-hybridized carbons (Fsp3) is 0.440. The molecule has 3 rings (SSSR count). The molecule has 2 aromatic rings. The van der Waals surface area contributed by atoms with Gasteiger partial charge in [-0.1, -0.05) is 37.8 Å². The number of hydrogen-bond acceptors (Lipinski definition) is 4. The molecule has 0 aromatic heterocycles. The maximum Gasteiger partial charge on any atom is 0.257 e. The van der Waals surface area contributed by atoms with Gasteiger partial charge in [0.1, 0.15) is 5.75 Å². The molecule has 0 saturated heterocycles. The molecule has 6 nitrogen and oxygen atoms in total. The van der Waals surface area contributed by atoms with E-state index in [0.29, 0.717) is 36.1 Å². The molecule has 0 bridgehead atoms. The third-order valence-electron chi connectivity index (χ3n) is 5.71. The summed E-state index contributed by atoms with van der Waals surface area (Å²) in [4.78, 5) is 27.7. The van der Waals surface area contributed by atoms with Crippen LogP contribution in [0.4, 0.5) is 11.4 Å². The minimum absolute atomic E-state index is 0.104. The van der Waals surface area contributed by atoms with Gasteiger partial charge in [0.05, 0.1) is 24.4 Å². The summed E-state index contributed by atoms with van der Waals surface area (Å²) in [6.45, 7) is 2.84. The van der Waals surface area contributed by atoms with E-state index in [0.717, 1.165) is 18.6 Å². The van der Waals surface area contributed by atoms with Crippen molar-refractivity contribution < 1.29 is 14.3 Å². The molecule has 31 heavy (non-hydrogen) atoms. The van der Waals surface area contributed by atoms with Crippen molar-refractivity contribution in [2.75, 3.05) is 30.8 Å². The smallest absolute Gasteiger partial charge is 0.257 e. The second kappa shape index (κ2) is 11.5. The number of likely N-dealkylation sites (N-methyl/N-ethyl adjacent to an activating group) is 1. The molecule has 0 aliphatic heterocycles. The van der Waals surface area contributed by atoms with Crippen molar-refractivity contribution in [2.24, 2.45) is 0 Å². The lowest BCUT2D eigenvalue weighted by Crippen LogP contribution is -2.38. The molecule has 1 aliphatic rings. The fourth-order valence-corrected chi connectivity index (χ4v) is 4.03. The molecule has 0 heterocycles. The Kier molecular flexibility index (Phi) is 8.47. The van der Waals surface area contributed by atoms with Gasteiger partial charge in [-0.15, -0.1) is 0 Å². The molecule has 1 aliphatic carbocycles. The highest BCUT2D eigenvalue weighted by molar-refractivity contribution is 6.10. The van der Waals surface area contributed by atoms with Crippen molar-refractivity contribution in [1.29, 1.82) is 0 Å². The molecule has 0 radical (unpaired) electrons. The maximum absolute atomic E-state index is 12.8. The quantitative estimate of drug-likeness (QED) is 0.591. The number of carbonyl (C=O) groups excluding carboxylic acids is 2. The standard InChI is InChI=1S/C25H33N3O3/c1-3-31-21-16-14-19(15-17-21)26-25(30)22-12-8-9-13-23(22)27-24(29)18-28(2)20-10-6-4-5-7-11-20/h8-9,12-17,20H,3-7,10-11,18H2,1-2H3,(H,26,30)(H,27,29). The number of nitrogens with zero attached hydrogens (tertiary/aromatic N) is 1.